The normalized spacial score (nSPS) is 12.4. The molecular formula is C16H22FN3O. The Morgan fingerprint density at radius 1 is 1.43 bits per heavy atom. The predicted molar refractivity (Wildman–Crippen MR) is 81.1 cm³/mol. The van der Waals surface area contributed by atoms with Crippen molar-refractivity contribution in [2.24, 2.45) is 0 Å². The fourth-order valence-corrected chi connectivity index (χ4v) is 2.47. The van der Waals surface area contributed by atoms with E-state index in [4.69, 9.17) is 4.74 Å². The molecule has 0 spiro atoms. The SMILES string of the molecule is CCCn1ncc(OC)c1C(NC)c1ccc(C)c(F)c1. The van der Waals surface area contributed by atoms with E-state index in [1.54, 1.807) is 32.4 Å². The van der Waals surface area contributed by atoms with Gasteiger partial charge in [-0.25, -0.2) is 4.39 Å². The molecule has 0 saturated heterocycles. The van der Waals surface area contributed by atoms with Crippen molar-refractivity contribution in [2.45, 2.75) is 32.9 Å². The van der Waals surface area contributed by atoms with Crippen LogP contribution in [0, 0.1) is 12.7 Å². The third kappa shape index (κ3) is 3.08. The number of methoxy groups -OCH3 is 1. The minimum absolute atomic E-state index is 0.163. The second kappa shape index (κ2) is 6.72. The summed E-state index contributed by atoms with van der Waals surface area (Å²) in [7, 11) is 3.48. The van der Waals surface area contributed by atoms with Gasteiger partial charge in [0, 0.05) is 6.54 Å². The lowest BCUT2D eigenvalue weighted by Crippen LogP contribution is -2.22. The Balaban J connectivity index is 2.49. The van der Waals surface area contributed by atoms with Crippen LogP contribution in [0.2, 0.25) is 0 Å². The van der Waals surface area contributed by atoms with Gasteiger partial charge in [0.1, 0.15) is 11.5 Å². The summed E-state index contributed by atoms with van der Waals surface area (Å²) in [5.74, 6) is 0.511. The molecular weight excluding hydrogens is 269 g/mol. The number of ether oxygens (including phenoxy) is 1. The topological polar surface area (TPSA) is 39.1 Å². The van der Waals surface area contributed by atoms with Gasteiger partial charge in [0.15, 0.2) is 5.75 Å². The Bertz CT molecular complexity index is 610. The number of nitrogens with one attached hydrogen (secondary N) is 1. The summed E-state index contributed by atoms with van der Waals surface area (Å²) in [5.41, 5.74) is 2.42. The Morgan fingerprint density at radius 3 is 2.76 bits per heavy atom. The van der Waals surface area contributed by atoms with E-state index in [-0.39, 0.29) is 11.9 Å². The smallest absolute Gasteiger partial charge is 0.161 e. The average Bonchev–Trinajstić information content (AvgIpc) is 2.87. The van der Waals surface area contributed by atoms with Gasteiger partial charge in [0.2, 0.25) is 0 Å². The standard InChI is InChI=1S/C16H22FN3O/c1-5-8-20-16(14(21-4)10-19-20)15(18-3)12-7-6-11(2)13(17)9-12/h6-7,9-10,15,18H,5,8H2,1-4H3. The zero-order valence-electron chi connectivity index (χ0n) is 13.0. The van der Waals surface area contributed by atoms with E-state index in [0.717, 1.165) is 24.2 Å². The van der Waals surface area contributed by atoms with Crippen LogP contribution in [0.25, 0.3) is 0 Å². The molecule has 0 amide bonds. The van der Waals surface area contributed by atoms with Gasteiger partial charge in [-0.1, -0.05) is 19.1 Å². The molecule has 1 heterocycles. The van der Waals surface area contributed by atoms with E-state index < -0.39 is 0 Å². The molecule has 0 aliphatic heterocycles. The maximum Gasteiger partial charge on any atom is 0.161 e. The van der Waals surface area contributed by atoms with Crippen molar-refractivity contribution < 1.29 is 9.13 Å². The summed E-state index contributed by atoms with van der Waals surface area (Å²) < 4.78 is 21.2. The molecule has 21 heavy (non-hydrogen) atoms. The predicted octanol–water partition coefficient (Wildman–Crippen LogP) is 3.06. The Hall–Kier alpha value is -1.88. The zero-order valence-corrected chi connectivity index (χ0v) is 13.0. The second-order valence-electron chi connectivity index (χ2n) is 5.05. The summed E-state index contributed by atoms with van der Waals surface area (Å²) in [5, 5.41) is 7.60. The number of hydrogen-bond donors (Lipinski definition) is 1. The van der Waals surface area contributed by atoms with E-state index in [1.807, 2.05) is 17.8 Å². The first-order chi connectivity index (χ1) is 10.1. The molecule has 2 rings (SSSR count). The molecule has 1 aromatic carbocycles. The third-order valence-electron chi connectivity index (χ3n) is 3.59. The van der Waals surface area contributed by atoms with Crippen LogP contribution in [0.4, 0.5) is 4.39 Å². The number of rotatable bonds is 6. The van der Waals surface area contributed by atoms with Crippen molar-refractivity contribution in [3.8, 4) is 5.75 Å². The van der Waals surface area contributed by atoms with Crippen LogP contribution in [0.5, 0.6) is 5.75 Å². The first-order valence-electron chi connectivity index (χ1n) is 7.15. The van der Waals surface area contributed by atoms with Crippen LogP contribution in [-0.4, -0.2) is 23.9 Å². The van der Waals surface area contributed by atoms with Gasteiger partial charge in [-0.15, -0.1) is 0 Å². The summed E-state index contributed by atoms with van der Waals surface area (Å²) in [4.78, 5) is 0. The molecule has 4 nitrogen and oxygen atoms in total. The van der Waals surface area contributed by atoms with Crippen LogP contribution < -0.4 is 10.1 Å². The second-order valence-corrected chi connectivity index (χ2v) is 5.05. The molecule has 2 aromatic rings. The largest absolute Gasteiger partial charge is 0.493 e. The molecule has 0 radical (unpaired) electrons. The Morgan fingerprint density at radius 2 is 2.19 bits per heavy atom. The molecule has 0 saturated carbocycles. The highest BCUT2D eigenvalue weighted by atomic mass is 19.1. The maximum absolute atomic E-state index is 13.9. The average molecular weight is 291 g/mol. The van der Waals surface area contributed by atoms with Crippen LogP contribution in [0.15, 0.2) is 24.4 Å². The monoisotopic (exact) mass is 291 g/mol. The molecule has 0 aliphatic carbocycles. The fraction of sp³-hybridized carbons (Fsp3) is 0.438. The number of nitrogens with zero attached hydrogens (tertiary/aromatic N) is 2. The molecule has 1 aromatic heterocycles. The minimum atomic E-state index is -0.201. The van der Waals surface area contributed by atoms with E-state index in [1.165, 1.54) is 0 Å². The number of hydrogen-bond acceptors (Lipinski definition) is 3. The van der Waals surface area contributed by atoms with Crippen LogP contribution in [-0.2, 0) is 6.54 Å². The van der Waals surface area contributed by atoms with Gasteiger partial charge in [0.25, 0.3) is 0 Å². The molecule has 1 atom stereocenters. The quantitative estimate of drug-likeness (QED) is 0.889. The fourth-order valence-electron chi connectivity index (χ4n) is 2.47. The van der Waals surface area contributed by atoms with Gasteiger partial charge in [-0.2, -0.15) is 5.10 Å². The molecule has 0 fully saturated rings. The van der Waals surface area contributed by atoms with Crippen molar-refractivity contribution in [1.82, 2.24) is 15.1 Å². The lowest BCUT2D eigenvalue weighted by atomic mass is 10.0. The number of aromatic nitrogens is 2. The highest BCUT2D eigenvalue weighted by molar-refractivity contribution is 5.37. The molecule has 0 bridgehead atoms. The Kier molecular flexibility index (Phi) is 4.96. The molecule has 5 heteroatoms. The van der Waals surface area contributed by atoms with Gasteiger partial charge in [-0.3, -0.25) is 4.68 Å². The lowest BCUT2D eigenvalue weighted by Gasteiger charge is -2.20. The van der Waals surface area contributed by atoms with Gasteiger partial charge in [-0.05, 0) is 37.6 Å². The van der Waals surface area contributed by atoms with Crippen molar-refractivity contribution in [2.75, 3.05) is 14.2 Å². The van der Waals surface area contributed by atoms with E-state index in [0.29, 0.717) is 11.3 Å². The van der Waals surface area contributed by atoms with Crippen LogP contribution in [0.3, 0.4) is 0 Å². The number of aryl methyl sites for hydroxylation is 2. The first kappa shape index (κ1) is 15.5. The van der Waals surface area contributed by atoms with E-state index in [2.05, 4.69) is 17.3 Å². The van der Waals surface area contributed by atoms with E-state index in [9.17, 15) is 4.39 Å². The molecule has 1 unspecified atom stereocenters. The molecule has 0 aliphatic rings. The lowest BCUT2D eigenvalue weighted by molar-refractivity contribution is 0.400. The zero-order chi connectivity index (χ0) is 15.4. The van der Waals surface area contributed by atoms with Crippen LogP contribution >= 0.6 is 0 Å². The molecule has 114 valence electrons. The highest BCUT2D eigenvalue weighted by Crippen LogP contribution is 2.30. The summed E-state index contributed by atoms with van der Waals surface area (Å²) in [6.45, 7) is 4.65. The van der Waals surface area contributed by atoms with Crippen molar-refractivity contribution >= 4 is 0 Å². The number of halogens is 1. The minimum Gasteiger partial charge on any atom is -0.493 e. The third-order valence-corrected chi connectivity index (χ3v) is 3.59. The van der Waals surface area contributed by atoms with Crippen LogP contribution in [0.1, 0.15) is 36.2 Å². The highest BCUT2D eigenvalue weighted by Gasteiger charge is 2.22. The summed E-state index contributed by atoms with van der Waals surface area (Å²) in [6, 6.07) is 5.13. The van der Waals surface area contributed by atoms with Crippen molar-refractivity contribution in [1.29, 1.82) is 0 Å². The first-order valence-corrected chi connectivity index (χ1v) is 7.15. The maximum atomic E-state index is 13.9. The van der Waals surface area contributed by atoms with Crippen molar-refractivity contribution in [3.05, 3.63) is 47.0 Å². The molecule has 1 N–H and O–H groups in total. The summed E-state index contributed by atoms with van der Waals surface area (Å²) in [6.07, 6.45) is 2.68. The summed E-state index contributed by atoms with van der Waals surface area (Å²) >= 11 is 0. The van der Waals surface area contributed by atoms with Gasteiger partial charge in [0.05, 0.1) is 19.3 Å². The van der Waals surface area contributed by atoms with E-state index >= 15 is 0 Å². The van der Waals surface area contributed by atoms with Gasteiger partial charge >= 0.3 is 0 Å². The van der Waals surface area contributed by atoms with Crippen molar-refractivity contribution in [3.63, 3.8) is 0 Å². The Labute approximate surface area is 124 Å². The van der Waals surface area contributed by atoms with Gasteiger partial charge < -0.3 is 10.1 Å². The number of benzene rings is 1.